The van der Waals surface area contributed by atoms with Crippen LogP contribution in [0.5, 0.6) is 0 Å². The van der Waals surface area contributed by atoms with Crippen molar-refractivity contribution in [2.24, 2.45) is 0 Å². The fourth-order valence-electron chi connectivity index (χ4n) is 1.91. The highest BCUT2D eigenvalue weighted by Crippen LogP contribution is 2.20. The Labute approximate surface area is 94.0 Å². The van der Waals surface area contributed by atoms with Crippen LogP contribution in [0, 0.1) is 0 Å². The van der Waals surface area contributed by atoms with Crippen molar-refractivity contribution in [2.45, 2.75) is 46.5 Å². The molecule has 0 aliphatic carbocycles. The van der Waals surface area contributed by atoms with Crippen molar-refractivity contribution in [1.29, 1.82) is 0 Å². The molecule has 0 spiro atoms. The molecule has 0 aromatic heterocycles. The third kappa shape index (κ3) is 3.23. The van der Waals surface area contributed by atoms with Crippen molar-refractivity contribution in [3.63, 3.8) is 0 Å². The summed E-state index contributed by atoms with van der Waals surface area (Å²) in [4.78, 5) is 0. The van der Waals surface area contributed by atoms with Gasteiger partial charge in [0.15, 0.2) is 0 Å². The second kappa shape index (κ2) is 5.75. The molecule has 0 unspecified atom stereocenters. The second-order valence-corrected chi connectivity index (χ2v) is 4.26. The lowest BCUT2D eigenvalue weighted by Crippen LogP contribution is -1.95. The standard InChI is InChI=1S/C15H22/c1-5-7-13-9-10-14(12(3)4)11-15(13)8-6-2/h9-11H,3,5-8H2,1-2,4H3. The molecule has 82 valence electrons. The molecular weight excluding hydrogens is 180 g/mol. The van der Waals surface area contributed by atoms with Crippen LogP contribution in [0.25, 0.3) is 5.57 Å². The Morgan fingerprint density at radius 2 is 1.67 bits per heavy atom. The second-order valence-electron chi connectivity index (χ2n) is 4.26. The molecule has 0 fully saturated rings. The van der Waals surface area contributed by atoms with Crippen LogP contribution in [0.2, 0.25) is 0 Å². The average Bonchev–Trinajstić information content (AvgIpc) is 2.21. The molecule has 0 amide bonds. The number of rotatable bonds is 5. The Hall–Kier alpha value is -1.04. The van der Waals surface area contributed by atoms with Crippen LogP contribution in [0.15, 0.2) is 24.8 Å². The van der Waals surface area contributed by atoms with Gasteiger partial charge >= 0.3 is 0 Å². The van der Waals surface area contributed by atoms with Gasteiger partial charge in [-0.3, -0.25) is 0 Å². The van der Waals surface area contributed by atoms with Gasteiger partial charge in [0, 0.05) is 0 Å². The highest BCUT2D eigenvalue weighted by Gasteiger charge is 2.03. The molecule has 0 nitrogen and oxygen atoms in total. The van der Waals surface area contributed by atoms with Crippen molar-refractivity contribution >= 4 is 5.57 Å². The Morgan fingerprint density at radius 3 is 2.20 bits per heavy atom. The Morgan fingerprint density at radius 1 is 1.07 bits per heavy atom. The molecular formula is C15H22. The minimum atomic E-state index is 1.16. The number of allylic oxidation sites excluding steroid dienone is 1. The van der Waals surface area contributed by atoms with Gasteiger partial charge in [0.05, 0.1) is 0 Å². The first-order valence-electron chi connectivity index (χ1n) is 5.96. The summed E-state index contributed by atoms with van der Waals surface area (Å²) in [6, 6.07) is 6.79. The molecule has 0 saturated carbocycles. The molecule has 0 aliphatic rings. The van der Waals surface area contributed by atoms with E-state index in [9.17, 15) is 0 Å². The van der Waals surface area contributed by atoms with Gasteiger partial charge in [-0.1, -0.05) is 57.0 Å². The van der Waals surface area contributed by atoms with Crippen LogP contribution in [-0.2, 0) is 12.8 Å². The Balaban J connectivity index is 3.02. The summed E-state index contributed by atoms with van der Waals surface area (Å²) in [6.07, 6.45) is 4.84. The van der Waals surface area contributed by atoms with Crippen LogP contribution in [0.4, 0.5) is 0 Å². The van der Waals surface area contributed by atoms with E-state index in [0.717, 1.165) is 5.57 Å². The lowest BCUT2D eigenvalue weighted by Gasteiger charge is -2.10. The van der Waals surface area contributed by atoms with Crippen LogP contribution >= 0.6 is 0 Å². The predicted molar refractivity (Wildman–Crippen MR) is 69.1 cm³/mol. The van der Waals surface area contributed by atoms with Crippen molar-refractivity contribution in [3.05, 3.63) is 41.5 Å². The van der Waals surface area contributed by atoms with Crippen molar-refractivity contribution in [3.8, 4) is 0 Å². The molecule has 0 atom stereocenters. The fraction of sp³-hybridized carbons (Fsp3) is 0.467. The van der Waals surface area contributed by atoms with E-state index in [0.29, 0.717) is 0 Å². The van der Waals surface area contributed by atoms with Crippen LogP contribution in [0.1, 0.15) is 50.3 Å². The SMILES string of the molecule is C=C(C)c1ccc(CCC)c(CCC)c1. The first-order valence-corrected chi connectivity index (χ1v) is 5.96. The van der Waals surface area contributed by atoms with E-state index in [-0.39, 0.29) is 0 Å². The summed E-state index contributed by atoms with van der Waals surface area (Å²) in [6.45, 7) is 10.6. The zero-order valence-corrected chi connectivity index (χ0v) is 10.3. The maximum absolute atomic E-state index is 4.00. The van der Waals surface area contributed by atoms with Gasteiger partial charge < -0.3 is 0 Å². The molecule has 0 heteroatoms. The third-order valence-electron chi connectivity index (χ3n) is 2.74. The van der Waals surface area contributed by atoms with Gasteiger partial charge in [-0.05, 0) is 36.5 Å². The van der Waals surface area contributed by atoms with Gasteiger partial charge in [0.1, 0.15) is 0 Å². The Kier molecular flexibility index (Phi) is 4.61. The van der Waals surface area contributed by atoms with Gasteiger partial charge in [-0.15, -0.1) is 0 Å². The average molecular weight is 202 g/mol. The third-order valence-corrected chi connectivity index (χ3v) is 2.74. The predicted octanol–water partition coefficient (Wildman–Crippen LogP) is 4.62. The maximum atomic E-state index is 4.00. The van der Waals surface area contributed by atoms with E-state index in [4.69, 9.17) is 0 Å². The zero-order chi connectivity index (χ0) is 11.3. The molecule has 0 heterocycles. The normalized spacial score (nSPS) is 10.3. The van der Waals surface area contributed by atoms with Gasteiger partial charge in [0.2, 0.25) is 0 Å². The molecule has 0 bridgehead atoms. The van der Waals surface area contributed by atoms with E-state index in [1.165, 1.54) is 42.4 Å². The molecule has 15 heavy (non-hydrogen) atoms. The van der Waals surface area contributed by atoms with E-state index < -0.39 is 0 Å². The molecule has 0 radical (unpaired) electrons. The van der Waals surface area contributed by atoms with Crippen molar-refractivity contribution < 1.29 is 0 Å². The fourth-order valence-corrected chi connectivity index (χ4v) is 1.91. The molecule has 1 aromatic carbocycles. The number of hydrogen-bond donors (Lipinski definition) is 0. The highest BCUT2D eigenvalue weighted by molar-refractivity contribution is 5.62. The smallest absolute Gasteiger partial charge is 0.0230 e. The monoisotopic (exact) mass is 202 g/mol. The number of benzene rings is 1. The molecule has 0 N–H and O–H groups in total. The van der Waals surface area contributed by atoms with Gasteiger partial charge in [0.25, 0.3) is 0 Å². The zero-order valence-electron chi connectivity index (χ0n) is 10.3. The quantitative estimate of drug-likeness (QED) is 0.653. The minimum Gasteiger partial charge on any atom is -0.0955 e. The summed E-state index contributed by atoms with van der Waals surface area (Å²) in [5, 5.41) is 0. The first kappa shape index (κ1) is 12.0. The first-order chi connectivity index (χ1) is 7.19. The number of aryl methyl sites for hydroxylation is 2. The van der Waals surface area contributed by atoms with E-state index in [2.05, 4.69) is 45.5 Å². The lowest BCUT2D eigenvalue weighted by atomic mass is 9.95. The molecule has 1 aromatic rings. The summed E-state index contributed by atoms with van der Waals surface area (Å²) < 4.78 is 0. The maximum Gasteiger partial charge on any atom is -0.0230 e. The molecule has 0 aliphatic heterocycles. The van der Waals surface area contributed by atoms with Crippen LogP contribution < -0.4 is 0 Å². The Bertz CT molecular complexity index is 334. The summed E-state index contributed by atoms with van der Waals surface area (Å²) in [7, 11) is 0. The summed E-state index contributed by atoms with van der Waals surface area (Å²) >= 11 is 0. The van der Waals surface area contributed by atoms with Crippen molar-refractivity contribution in [1.82, 2.24) is 0 Å². The van der Waals surface area contributed by atoms with E-state index >= 15 is 0 Å². The molecule has 1 rings (SSSR count). The van der Waals surface area contributed by atoms with Crippen LogP contribution in [0.3, 0.4) is 0 Å². The molecule has 0 saturated heterocycles. The lowest BCUT2D eigenvalue weighted by molar-refractivity contribution is 0.860. The topological polar surface area (TPSA) is 0 Å². The van der Waals surface area contributed by atoms with Gasteiger partial charge in [-0.25, -0.2) is 0 Å². The van der Waals surface area contributed by atoms with E-state index in [1.54, 1.807) is 0 Å². The summed E-state index contributed by atoms with van der Waals surface area (Å²) in [5.74, 6) is 0. The van der Waals surface area contributed by atoms with Crippen molar-refractivity contribution in [2.75, 3.05) is 0 Å². The van der Waals surface area contributed by atoms with Gasteiger partial charge in [-0.2, -0.15) is 0 Å². The highest BCUT2D eigenvalue weighted by atomic mass is 14.1. The van der Waals surface area contributed by atoms with E-state index in [1.807, 2.05) is 0 Å². The largest absolute Gasteiger partial charge is 0.0955 e. The van der Waals surface area contributed by atoms with Crippen LogP contribution in [-0.4, -0.2) is 0 Å². The number of hydrogen-bond acceptors (Lipinski definition) is 0. The minimum absolute atomic E-state index is 1.16. The summed E-state index contributed by atoms with van der Waals surface area (Å²) in [5.41, 5.74) is 5.48.